The number of carbonyl (C=O) groups excluding carboxylic acids is 3. The second-order valence-corrected chi connectivity index (χ2v) is 11.6. The Bertz CT molecular complexity index is 1590. The van der Waals surface area contributed by atoms with Crippen LogP contribution >= 0.6 is 11.6 Å². The summed E-state index contributed by atoms with van der Waals surface area (Å²) in [4.78, 5) is 48.7. The van der Waals surface area contributed by atoms with Crippen molar-refractivity contribution in [1.82, 2.24) is 4.72 Å². The summed E-state index contributed by atoms with van der Waals surface area (Å²) in [5, 5.41) is 13.9. The highest BCUT2D eigenvalue weighted by atomic mass is 35.5. The van der Waals surface area contributed by atoms with Crippen LogP contribution in [0, 0.1) is 0 Å². The molecule has 0 unspecified atom stereocenters. The van der Waals surface area contributed by atoms with E-state index in [4.69, 9.17) is 21.1 Å². The third-order valence-electron chi connectivity index (χ3n) is 5.06. The molecule has 0 saturated carbocycles. The SMILES string of the molecule is CC(C)(C)OC(=O)c1ccc(S(=O)(=O)NC(=O)Nc2cc(Cl)ccc2C(=O)O)cc1NC(=O)OCc1ccccc1. The number of sulfonamides is 1. The zero-order valence-corrected chi connectivity index (χ0v) is 23.6. The van der Waals surface area contributed by atoms with E-state index in [0.29, 0.717) is 5.56 Å². The van der Waals surface area contributed by atoms with E-state index < -0.39 is 44.6 Å². The van der Waals surface area contributed by atoms with Crippen molar-refractivity contribution in [2.75, 3.05) is 10.6 Å². The predicted molar refractivity (Wildman–Crippen MR) is 150 cm³/mol. The van der Waals surface area contributed by atoms with Crippen LogP contribution in [0.15, 0.2) is 71.6 Å². The second kappa shape index (κ2) is 12.7. The lowest BCUT2D eigenvalue weighted by molar-refractivity contribution is 0.00703. The first kappa shape index (κ1) is 30.9. The standard InChI is InChI=1S/C27H26ClN3O9S/c1-27(2,3)40-24(34)20-12-10-18(14-22(20)30-26(36)39-15-16-7-5-4-6-8-16)41(37,38)31-25(35)29-21-13-17(28)9-11-19(21)23(32)33/h4-14H,15H2,1-3H3,(H,30,36)(H,32,33)(H2,29,31,35). The zero-order valence-electron chi connectivity index (χ0n) is 22.1. The first-order chi connectivity index (χ1) is 19.1. The van der Waals surface area contributed by atoms with Gasteiger partial charge in [0.2, 0.25) is 0 Å². The first-order valence-electron chi connectivity index (χ1n) is 11.9. The summed E-state index contributed by atoms with van der Waals surface area (Å²) in [6.45, 7) is 4.78. The molecular weight excluding hydrogens is 578 g/mol. The fraction of sp³-hybridized carbons (Fsp3) is 0.185. The van der Waals surface area contributed by atoms with E-state index in [9.17, 15) is 32.7 Å². The molecule has 0 radical (unpaired) electrons. The minimum absolute atomic E-state index is 0.0979. The summed E-state index contributed by atoms with van der Waals surface area (Å²) in [6.07, 6.45) is -0.985. The molecular formula is C27H26ClN3O9S. The van der Waals surface area contributed by atoms with Crippen LogP contribution in [0.2, 0.25) is 5.02 Å². The van der Waals surface area contributed by atoms with Gasteiger partial charge in [-0.3, -0.25) is 5.32 Å². The predicted octanol–water partition coefficient (Wildman–Crippen LogP) is 5.25. The van der Waals surface area contributed by atoms with Gasteiger partial charge in [0.15, 0.2) is 0 Å². The molecule has 0 atom stereocenters. The monoisotopic (exact) mass is 603 g/mol. The molecule has 0 heterocycles. The molecule has 0 aromatic heterocycles. The molecule has 41 heavy (non-hydrogen) atoms. The van der Waals surface area contributed by atoms with Crippen molar-refractivity contribution >= 4 is 57.1 Å². The van der Waals surface area contributed by atoms with Crippen LogP contribution in [0.5, 0.6) is 0 Å². The third-order valence-corrected chi connectivity index (χ3v) is 6.62. The fourth-order valence-corrected chi connectivity index (χ4v) is 4.41. The van der Waals surface area contributed by atoms with Crippen LogP contribution in [-0.4, -0.2) is 43.2 Å². The highest BCUT2D eigenvalue weighted by Gasteiger charge is 2.26. The molecule has 3 amide bonds. The lowest BCUT2D eigenvalue weighted by atomic mass is 10.1. The largest absolute Gasteiger partial charge is 0.478 e. The van der Waals surface area contributed by atoms with Crippen molar-refractivity contribution in [1.29, 1.82) is 0 Å². The first-order valence-corrected chi connectivity index (χ1v) is 13.7. The van der Waals surface area contributed by atoms with Crippen molar-refractivity contribution in [3.63, 3.8) is 0 Å². The molecule has 0 fully saturated rings. The second-order valence-electron chi connectivity index (χ2n) is 9.45. The minimum atomic E-state index is -4.60. The topological polar surface area (TPSA) is 177 Å². The maximum absolute atomic E-state index is 13.0. The van der Waals surface area contributed by atoms with Gasteiger partial charge in [-0.1, -0.05) is 41.9 Å². The molecule has 0 aliphatic rings. The van der Waals surface area contributed by atoms with Crippen LogP contribution < -0.4 is 15.4 Å². The van der Waals surface area contributed by atoms with Crippen molar-refractivity contribution in [3.05, 3.63) is 88.4 Å². The molecule has 0 aliphatic heterocycles. The molecule has 3 aromatic carbocycles. The molecule has 12 nitrogen and oxygen atoms in total. The van der Waals surface area contributed by atoms with E-state index in [1.165, 1.54) is 6.07 Å². The van der Waals surface area contributed by atoms with Crippen LogP contribution in [0.1, 0.15) is 47.1 Å². The number of carboxylic acid groups (broad SMARTS) is 1. The number of esters is 1. The highest BCUT2D eigenvalue weighted by molar-refractivity contribution is 7.90. The Hall–Kier alpha value is -4.62. The smallest absolute Gasteiger partial charge is 0.411 e. The summed E-state index contributed by atoms with van der Waals surface area (Å²) in [5.74, 6) is -2.24. The number of anilines is 2. The number of nitrogens with one attached hydrogen (secondary N) is 3. The van der Waals surface area contributed by atoms with Gasteiger partial charge in [-0.05, 0) is 62.7 Å². The number of hydrogen-bond acceptors (Lipinski definition) is 8. The number of amides is 3. The van der Waals surface area contributed by atoms with Crippen LogP contribution in [0.4, 0.5) is 21.0 Å². The lowest BCUT2D eigenvalue weighted by Gasteiger charge is -2.21. The van der Waals surface area contributed by atoms with E-state index in [2.05, 4.69) is 10.6 Å². The molecule has 0 bridgehead atoms. The van der Waals surface area contributed by atoms with Gasteiger partial charge in [0.05, 0.1) is 27.4 Å². The number of rotatable bonds is 8. The van der Waals surface area contributed by atoms with E-state index in [-0.39, 0.29) is 34.1 Å². The molecule has 3 aromatic rings. The van der Waals surface area contributed by atoms with Gasteiger partial charge in [-0.25, -0.2) is 32.3 Å². The Morgan fingerprint density at radius 3 is 2.15 bits per heavy atom. The average molecular weight is 604 g/mol. The van der Waals surface area contributed by atoms with E-state index >= 15 is 0 Å². The normalized spacial score (nSPS) is 11.2. The van der Waals surface area contributed by atoms with E-state index in [0.717, 1.165) is 30.3 Å². The maximum Gasteiger partial charge on any atom is 0.411 e. The third kappa shape index (κ3) is 8.95. The Morgan fingerprint density at radius 1 is 0.878 bits per heavy atom. The van der Waals surface area contributed by atoms with Gasteiger partial charge < -0.3 is 19.9 Å². The number of aromatic carboxylic acids is 1. The molecule has 3 rings (SSSR count). The number of benzene rings is 3. The van der Waals surface area contributed by atoms with Gasteiger partial charge in [0.1, 0.15) is 12.2 Å². The van der Waals surface area contributed by atoms with Gasteiger partial charge in [0.25, 0.3) is 10.0 Å². The molecule has 4 N–H and O–H groups in total. The Labute approximate surface area is 240 Å². The van der Waals surface area contributed by atoms with Crippen molar-refractivity contribution in [3.8, 4) is 0 Å². The minimum Gasteiger partial charge on any atom is -0.478 e. The van der Waals surface area contributed by atoms with Crippen LogP contribution in [-0.2, 0) is 26.1 Å². The number of carboxylic acids is 1. The Kier molecular flexibility index (Phi) is 9.58. The van der Waals surface area contributed by atoms with Crippen molar-refractivity contribution < 1.29 is 42.2 Å². The lowest BCUT2D eigenvalue weighted by Crippen LogP contribution is -2.35. The summed E-state index contributed by atoms with van der Waals surface area (Å²) < 4.78 is 38.3. The van der Waals surface area contributed by atoms with Crippen molar-refractivity contribution in [2.45, 2.75) is 37.9 Å². The molecule has 0 saturated heterocycles. The van der Waals surface area contributed by atoms with Gasteiger partial charge >= 0.3 is 24.1 Å². The van der Waals surface area contributed by atoms with E-state index in [1.54, 1.807) is 55.8 Å². The maximum atomic E-state index is 13.0. The van der Waals surface area contributed by atoms with Crippen LogP contribution in [0.25, 0.3) is 0 Å². The Balaban J connectivity index is 1.86. The number of carbonyl (C=O) groups is 4. The van der Waals surface area contributed by atoms with Gasteiger partial charge in [-0.2, -0.15) is 0 Å². The highest BCUT2D eigenvalue weighted by Crippen LogP contribution is 2.25. The van der Waals surface area contributed by atoms with Gasteiger partial charge in [-0.15, -0.1) is 0 Å². The fourth-order valence-electron chi connectivity index (χ4n) is 3.31. The summed E-state index contributed by atoms with van der Waals surface area (Å²) >= 11 is 5.87. The quantitative estimate of drug-likeness (QED) is 0.250. The zero-order chi connectivity index (χ0) is 30.4. The molecule has 14 heteroatoms. The molecule has 0 aliphatic carbocycles. The Morgan fingerprint density at radius 2 is 1.51 bits per heavy atom. The average Bonchev–Trinajstić information content (AvgIpc) is 2.86. The number of ether oxygens (including phenoxy) is 2. The van der Waals surface area contributed by atoms with Crippen LogP contribution in [0.3, 0.4) is 0 Å². The van der Waals surface area contributed by atoms with Gasteiger partial charge in [0, 0.05) is 5.02 Å². The number of hydrogen-bond donors (Lipinski definition) is 4. The summed E-state index contributed by atoms with van der Waals surface area (Å²) in [7, 11) is -4.60. The number of halogens is 1. The number of urea groups is 1. The summed E-state index contributed by atoms with van der Waals surface area (Å²) in [6, 6.07) is 14.1. The van der Waals surface area contributed by atoms with Crippen molar-refractivity contribution in [2.24, 2.45) is 0 Å². The molecule has 0 spiro atoms. The molecule has 216 valence electrons. The summed E-state index contributed by atoms with van der Waals surface area (Å²) in [5.41, 5.74) is -1.23. The van der Waals surface area contributed by atoms with E-state index in [1.807, 2.05) is 0 Å².